The summed E-state index contributed by atoms with van der Waals surface area (Å²) >= 11 is 1.39. The molecule has 6 heteroatoms. The number of aryl methyl sites for hydroxylation is 2. The topological polar surface area (TPSA) is 62.3 Å². The average Bonchev–Trinajstić information content (AvgIpc) is 3.35. The highest BCUT2D eigenvalue weighted by Crippen LogP contribution is 2.25. The summed E-state index contributed by atoms with van der Waals surface area (Å²) in [6, 6.07) is 6.00. The normalized spacial score (nSPS) is 19.0. The fraction of sp³-hybridized carbons (Fsp3) is 0.421. The van der Waals surface area contributed by atoms with Gasteiger partial charge in [0.2, 0.25) is 11.8 Å². The van der Waals surface area contributed by atoms with Gasteiger partial charge in [-0.3, -0.25) is 9.59 Å². The highest BCUT2D eigenvalue weighted by Gasteiger charge is 2.34. The Labute approximate surface area is 151 Å². The number of hydrogen-bond donors (Lipinski definition) is 1. The number of nitrogens with zero attached hydrogens (tertiary/aromatic N) is 2. The van der Waals surface area contributed by atoms with Gasteiger partial charge in [0.15, 0.2) is 5.13 Å². The van der Waals surface area contributed by atoms with Gasteiger partial charge >= 0.3 is 0 Å². The van der Waals surface area contributed by atoms with Gasteiger partial charge in [-0.1, -0.05) is 18.2 Å². The van der Waals surface area contributed by atoms with E-state index >= 15 is 0 Å². The molecule has 2 amide bonds. The molecule has 4 rings (SSSR count). The van der Waals surface area contributed by atoms with Gasteiger partial charge in [0.05, 0.1) is 6.42 Å². The molecule has 1 unspecified atom stereocenters. The SMILES string of the molecule is O=C(Nc1nccs1)C1CCCN1C(=O)Cc1ccc2c(c1)CCC2. The molecule has 0 spiro atoms. The number of carbonyl (C=O) groups excluding carboxylic acids is 2. The van der Waals surface area contributed by atoms with Crippen LogP contribution in [0.3, 0.4) is 0 Å². The summed E-state index contributed by atoms with van der Waals surface area (Å²) in [6.45, 7) is 0.653. The second-order valence-electron chi connectivity index (χ2n) is 6.71. The molecule has 130 valence electrons. The lowest BCUT2D eigenvalue weighted by molar-refractivity contribution is -0.136. The predicted molar refractivity (Wildman–Crippen MR) is 97.6 cm³/mol. The van der Waals surface area contributed by atoms with Crippen molar-refractivity contribution in [3.8, 4) is 0 Å². The molecule has 1 fully saturated rings. The number of benzene rings is 1. The Balaban J connectivity index is 1.42. The van der Waals surface area contributed by atoms with Crippen LogP contribution in [-0.2, 0) is 28.9 Å². The zero-order valence-corrected chi connectivity index (χ0v) is 14.8. The summed E-state index contributed by atoms with van der Waals surface area (Å²) in [6.07, 6.45) is 7.07. The second-order valence-corrected chi connectivity index (χ2v) is 7.60. The highest BCUT2D eigenvalue weighted by molar-refractivity contribution is 7.13. The smallest absolute Gasteiger partial charge is 0.248 e. The van der Waals surface area contributed by atoms with Crippen molar-refractivity contribution in [2.45, 2.75) is 44.6 Å². The molecule has 0 radical (unpaired) electrons. The minimum atomic E-state index is -0.383. The molecule has 1 aliphatic carbocycles. The molecule has 1 atom stereocenters. The summed E-state index contributed by atoms with van der Waals surface area (Å²) in [5.74, 6) is -0.0931. The largest absolute Gasteiger partial charge is 0.330 e. The minimum Gasteiger partial charge on any atom is -0.330 e. The molecule has 2 heterocycles. The molecule has 0 saturated carbocycles. The van der Waals surface area contributed by atoms with Gasteiger partial charge in [-0.2, -0.15) is 0 Å². The molecule has 1 aromatic carbocycles. The number of anilines is 1. The zero-order valence-electron chi connectivity index (χ0n) is 14.0. The molecule has 1 saturated heterocycles. The van der Waals surface area contributed by atoms with Crippen LogP contribution in [0.15, 0.2) is 29.8 Å². The van der Waals surface area contributed by atoms with E-state index in [4.69, 9.17) is 0 Å². The van der Waals surface area contributed by atoms with Gasteiger partial charge in [0.1, 0.15) is 6.04 Å². The van der Waals surface area contributed by atoms with Crippen molar-refractivity contribution < 1.29 is 9.59 Å². The van der Waals surface area contributed by atoms with Crippen molar-refractivity contribution in [2.24, 2.45) is 0 Å². The summed E-state index contributed by atoms with van der Waals surface area (Å²) in [5.41, 5.74) is 3.85. The van der Waals surface area contributed by atoms with Crippen molar-refractivity contribution in [2.75, 3.05) is 11.9 Å². The quantitative estimate of drug-likeness (QED) is 0.917. The van der Waals surface area contributed by atoms with Crippen molar-refractivity contribution in [3.63, 3.8) is 0 Å². The number of likely N-dealkylation sites (tertiary alicyclic amines) is 1. The third kappa shape index (κ3) is 3.44. The molecule has 5 nitrogen and oxygen atoms in total. The first-order valence-electron chi connectivity index (χ1n) is 8.81. The Morgan fingerprint density at radius 1 is 1.24 bits per heavy atom. The summed E-state index contributed by atoms with van der Waals surface area (Å²) in [5, 5.41) is 5.23. The number of thiazole rings is 1. The molecule has 25 heavy (non-hydrogen) atoms. The lowest BCUT2D eigenvalue weighted by atomic mass is 10.0. The van der Waals surface area contributed by atoms with Crippen LogP contribution in [0.5, 0.6) is 0 Å². The van der Waals surface area contributed by atoms with E-state index in [-0.39, 0.29) is 17.9 Å². The van der Waals surface area contributed by atoms with Gasteiger partial charge in [-0.25, -0.2) is 4.98 Å². The van der Waals surface area contributed by atoms with Crippen molar-refractivity contribution in [1.82, 2.24) is 9.88 Å². The molecule has 2 aliphatic rings. The van der Waals surface area contributed by atoms with Crippen molar-refractivity contribution >= 4 is 28.3 Å². The van der Waals surface area contributed by atoms with E-state index in [1.165, 1.54) is 28.9 Å². The maximum atomic E-state index is 12.8. The summed E-state index contributed by atoms with van der Waals surface area (Å²) < 4.78 is 0. The number of nitrogens with one attached hydrogen (secondary N) is 1. The second kappa shape index (κ2) is 6.96. The van der Waals surface area contributed by atoms with Gasteiger partial charge in [-0.05, 0) is 48.8 Å². The standard InChI is InChI=1S/C19H21N3O2S/c23-17(12-13-6-7-14-3-1-4-15(14)11-13)22-9-2-5-16(22)18(24)21-19-20-8-10-25-19/h6-8,10-11,16H,1-5,9,12H2,(H,20,21,24). The van der Waals surface area contributed by atoms with Gasteiger partial charge < -0.3 is 10.2 Å². The van der Waals surface area contributed by atoms with E-state index in [9.17, 15) is 9.59 Å². The molecular weight excluding hydrogens is 334 g/mol. The lowest BCUT2D eigenvalue weighted by Gasteiger charge is -2.23. The maximum absolute atomic E-state index is 12.8. The van der Waals surface area contributed by atoms with Crippen molar-refractivity contribution in [3.05, 3.63) is 46.5 Å². The highest BCUT2D eigenvalue weighted by atomic mass is 32.1. The Bertz CT molecular complexity index is 788. The molecule has 1 aliphatic heterocycles. The predicted octanol–water partition coefficient (Wildman–Crippen LogP) is 2.80. The van der Waals surface area contributed by atoms with Crippen LogP contribution in [0.25, 0.3) is 0 Å². The monoisotopic (exact) mass is 355 g/mol. The van der Waals surface area contributed by atoms with Gasteiger partial charge in [0, 0.05) is 18.1 Å². The van der Waals surface area contributed by atoms with Crippen LogP contribution in [-0.4, -0.2) is 34.3 Å². The fourth-order valence-corrected chi connectivity index (χ4v) is 4.35. The van der Waals surface area contributed by atoms with E-state index in [1.54, 1.807) is 11.1 Å². The lowest BCUT2D eigenvalue weighted by Crippen LogP contribution is -2.43. The number of rotatable bonds is 4. The fourth-order valence-electron chi connectivity index (χ4n) is 3.82. The Kier molecular flexibility index (Phi) is 4.53. The Morgan fingerprint density at radius 3 is 2.96 bits per heavy atom. The van der Waals surface area contributed by atoms with Crippen LogP contribution in [0.1, 0.15) is 36.0 Å². The third-order valence-electron chi connectivity index (χ3n) is 5.06. The average molecular weight is 355 g/mol. The number of carbonyl (C=O) groups is 2. The Morgan fingerprint density at radius 2 is 2.12 bits per heavy atom. The molecule has 0 bridgehead atoms. The number of hydrogen-bond acceptors (Lipinski definition) is 4. The number of amides is 2. The molecule has 2 aromatic rings. The van der Waals surface area contributed by atoms with E-state index < -0.39 is 0 Å². The Hall–Kier alpha value is -2.21. The van der Waals surface area contributed by atoms with Crippen LogP contribution in [0, 0.1) is 0 Å². The first-order chi connectivity index (χ1) is 12.2. The van der Waals surface area contributed by atoms with Crippen LogP contribution in [0.2, 0.25) is 0 Å². The van der Waals surface area contributed by atoms with Crippen LogP contribution < -0.4 is 5.32 Å². The first kappa shape index (κ1) is 16.3. The van der Waals surface area contributed by atoms with Gasteiger partial charge in [-0.15, -0.1) is 11.3 Å². The minimum absolute atomic E-state index is 0.0368. The first-order valence-corrected chi connectivity index (χ1v) is 9.69. The molecule has 1 aromatic heterocycles. The summed E-state index contributed by atoms with van der Waals surface area (Å²) in [7, 11) is 0. The van der Waals surface area contributed by atoms with Crippen LogP contribution >= 0.6 is 11.3 Å². The third-order valence-corrected chi connectivity index (χ3v) is 5.75. The van der Waals surface area contributed by atoms with Gasteiger partial charge in [0.25, 0.3) is 0 Å². The van der Waals surface area contributed by atoms with E-state index in [2.05, 4.69) is 28.5 Å². The summed E-state index contributed by atoms with van der Waals surface area (Å²) in [4.78, 5) is 31.1. The van der Waals surface area contributed by atoms with E-state index in [0.29, 0.717) is 24.5 Å². The van der Waals surface area contributed by atoms with Crippen LogP contribution in [0.4, 0.5) is 5.13 Å². The van der Waals surface area contributed by atoms with Crippen molar-refractivity contribution in [1.29, 1.82) is 0 Å². The van der Waals surface area contributed by atoms with E-state index in [1.807, 2.05) is 5.38 Å². The number of fused-ring (bicyclic) bond motifs is 1. The number of aromatic nitrogens is 1. The molecule has 1 N–H and O–H groups in total. The zero-order chi connectivity index (χ0) is 17.2. The van der Waals surface area contributed by atoms with E-state index in [0.717, 1.165) is 24.8 Å². The maximum Gasteiger partial charge on any atom is 0.248 e. The molecular formula is C19H21N3O2S.